The topological polar surface area (TPSA) is 20.3 Å². The van der Waals surface area contributed by atoms with Gasteiger partial charge in [-0.3, -0.25) is 4.79 Å². The molecule has 19 heavy (non-hydrogen) atoms. The maximum atomic E-state index is 12.9. The molecule has 0 unspecified atom stereocenters. The predicted octanol–water partition coefficient (Wildman–Crippen LogP) is 3.18. The van der Waals surface area contributed by atoms with E-state index < -0.39 is 0 Å². The smallest absolute Gasteiger partial charge is 0.246 e. The molecule has 1 saturated heterocycles. The lowest BCUT2D eigenvalue weighted by Gasteiger charge is -2.32. The molecule has 0 spiro atoms. The van der Waals surface area contributed by atoms with E-state index in [2.05, 4.69) is 0 Å². The van der Waals surface area contributed by atoms with Crippen LogP contribution in [-0.4, -0.2) is 23.9 Å². The van der Waals surface area contributed by atoms with Crippen LogP contribution in [0.2, 0.25) is 0 Å². The zero-order valence-electron chi connectivity index (χ0n) is 11.3. The predicted molar refractivity (Wildman–Crippen MR) is 74.2 cm³/mol. The lowest BCUT2D eigenvalue weighted by Crippen LogP contribution is -2.39. The van der Waals surface area contributed by atoms with Gasteiger partial charge in [0.1, 0.15) is 5.82 Å². The van der Waals surface area contributed by atoms with E-state index in [1.807, 2.05) is 24.0 Å². The minimum absolute atomic E-state index is 0.103. The van der Waals surface area contributed by atoms with Gasteiger partial charge < -0.3 is 4.90 Å². The molecule has 1 amide bonds. The van der Waals surface area contributed by atoms with Crippen LogP contribution in [-0.2, 0) is 11.2 Å². The van der Waals surface area contributed by atoms with Crippen molar-refractivity contribution in [2.75, 3.05) is 13.1 Å². The summed E-state index contributed by atoms with van der Waals surface area (Å²) in [5.74, 6) is 0.386. The number of benzene rings is 1. The zero-order chi connectivity index (χ0) is 13.7. The van der Waals surface area contributed by atoms with Gasteiger partial charge in [-0.1, -0.05) is 18.2 Å². The zero-order valence-corrected chi connectivity index (χ0v) is 11.3. The number of rotatable bonds is 3. The van der Waals surface area contributed by atoms with Gasteiger partial charge in [0, 0.05) is 13.1 Å². The fraction of sp³-hybridized carbons (Fsp3) is 0.438. The van der Waals surface area contributed by atoms with Crippen molar-refractivity contribution >= 4 is 5.91 Å². The van der Waals surface area contributed by atoms with Crippen LogP contribution < -0.4 is 0 Å². The molecule has 1 atom stereocenters. The Labute approximate surface area is 113 Å². The molecule has 1 heterocycles. The van der Waals surface area contributed by atoms with Crippen molar-refractivity contribution < 1.29 is 9.18 Å². The van der Waals surface area contributed by atoms with E-state index in [1.165, 1.54) is 12.1 Å². The van der Waals surface area contributed by atoms with Crippen molar-refractivity contribution in [2.45, 2.75) is 26.2 Å². The number of allylic oxidation sites excluding steroid dienone is 1. The second-order valence-corrected chi connectivity index (χ2v) is 5.12. The standard InChI is InChI=1S/C16H20FNO/c1-2-4-16(19)18-10-3-5-14(12-18)11-13-6-8-15(17)9-7-13/h2,4,6-9,14H,3,5,10-12H2,1H3/t14-/m0/s1. The van der Waals surface area contributed by atoms with Crippen molar-refractivity contribution in [1.29, 1.82) is 0 Å². The summed E-state index contributed by atoms with van der Waals surface area (Å²) >= 11 is 0. The molecule has 1 aromatic carbocycles. The molecule has 1 aliphatic heterocycles. The van der Waals surface area contributed by atoms with Gasteiger partial charge in [0.2, 0.25) is 5.91 Å². The molecule has 3 heteroatoms. The van der Waals surface area contributed by atoms with E-state index >= 15 is 0 Å². The van der Waals surface area contributed by atoms with Gasteiger partial charge in [-0.05, 0) is 55.9 Å². The third kappa shape index (κ3) is 3.91. The van der Waals surface area contributed by atoms with Crippen LogP contribution in [0.5, 0.6) is 0 Å². The molecule has 0 bridgehead atoms. The first-order chi connectivity index (χ1) is 9.19. The second kappa shape index (κ2) is 6.50. The van der Waals surface area contributed by atoms with Crippen molar-refractivity contribution in [2.24, 2.45) is 5.92 Å². The first-order valence-electron chi connectivity index (χ1n) is 6.85. The van der Waals surface area contributed by atoms with Crippen LogP contribution in [0.25, 0.3) is 0 Å². The van der Waals surface area contributed by atoms with Crippen LogP contribution in [0.4, 0.5) is 4.39 Å². The summed E-state index contributed by atoms with van der Waals surface area (Å²) in [6.45, 7) is 3.52. The lowest BCUT2D eigenvalue weighted by atomic mass is 9.91. The summed E-state index contributed by atoms with van der Waals surface area (Å²) in [7, 11) is 0. The number of likely N-dealkylation sites (tertiary alicyclic amines) is 1. The number of carbonyl (C=O) groups excluding carboxylic acids is 1. The average molecular weight is 261 g/mol. The molecule has 1 aliphatic rings. The molecule has 0 aliphatic carbocycles. The Balaban J connectivity index is 1.94. The Kier molecular flexibility index (Phi) is 4.72. The molecular formula is C16H20FNO. The van der Waals surface area contributed by atoms with Gasteiger partial charge >= 0.3 is 0 Å². The molecule has 0 saturated carbocycles. The van der Waals surface area contributed by atoms with E-state index in [4.69, 9.17) is 0 Å². The Morgan fingerprint density at radius 2 is 2.16 bits per heavy atom. The van der Waals surface area contributed by atoms with Crippen LogP contribution in [0.1, 0.15) is 25.3 Å². The molecule has 0 N–H and O–H groups in total. The van der Waals surface area contributed by atoms with Crippen molar-refractivity contribution in [3.63, 3.8) is 0 Å². The monoisotopic (exact) mass is 261 g/mol. The number of amides is 1. The van der Waals surface area contributed by atoms with Gasteiger partial charge in [-0.25, -0.2) is 4.39 Å². The molecule has 2 nitrogen and oxygen atoms in total. The fourth-order valence-corrected chi connectivity index (χ4v) is 2.63. The Hall–Kier alpha value is -1.64. The number of halogens is 1. The highest BCUT2D eigenvalue weighted by molar-refractivity contribution is 5.87. The summed E-state index contributed by atoms with van der Waals surface area (Å²) in [6, 6.07) is 6.67. The van der Waals surface area contributed by atoms with Gasteiger partial charge in [-0.2, -0.15) is 0 Å². The maximum Gasteiger partial charge on any atom is 0.246 e. The minimum Gasteiger partial charge on any atom is -0.339 e. The van der Waals surface area contributed by atoms with E-state index in [0.29, 0.717) is 5.92 Å². The second-order valence-electron chi connectivity index (χ2n) is 5.12. The molecule has 0 radical (unpaired) electrons. The van der Waals surface area contributed by atoms with E-state index in [0.717, 1.165) is 37.9 Å². The number of hydrogen-bond acceptors (Lipinski definition) is 1. The van der Waals surface area contributed by atoms with Gasteiger partial charge in [0.25, 0.3) is 0 Å². The fourth-order valence-electron chi connectivity index (χ4n) is 2.63. The maximum absolute atomic E-state index is 12.9. The summed E-state index contributed by atoms with van der Waals surface area (Å²) < 4.78 is 12.9. The van der Waals surface area contributed by atoms with Crippen LogP contribution in [0.3, 0.4) is 0 Å². The molecular weight excluding hydrogens is 241 g/mol. The van der Waals surface area contributed by atoms with Crippen molar-refractivity contribution in [3.05, 3.63) is 47.8 Å². The number of piperidine rings is 1. The quantitative estimate of drug-likeness (QED) is 0.765. The van der Waals surface area contributed by atoms with Crippen LogP contribution in [0.15, 0.2) is 36.4 Å². The van der Waals surface area contributed by atoms with Crippen LogP contribution >= 0.6 is 0 Å². The number of carbonyl (C=O) groups is 1. The first-order valence-corrected chi connectivity index (χ1v) is 6.85. The summed E-state index contributed by atoms with van der Waals surface area (Å²) in [6.07, 6.45) is 6.51. The van der Waals surface area contributed by atoms with Crippen molar-refractivity contribution in [3.8, 4) is 0 Å². The van der Waals surface area contributed by atoms with Gasteiger partial charge in [0.15, 0.2) is 0 Å². The summed E-state index contributed by atoms with van der Waals surface area (Å²) in [4.78, 5) is 13.7. The van der Waals surface area contributed by atoms with Gasteiger partial charge in [-0.15, -0.1) is 0 Å². The van der Waals surface area contributed by atoms with E-state index in [1.54, 1.807) is 12.2 Å². The lowest BCUT2D eigenvalue weighted by molar-refractivity contribution is -0.127. The summed E-state index contributed by atoms with van der Waals surface area (Å²) in [5.41, 5.74) is 1.15. The Bertz CT molecular complexity index is 452. The SMILES string of the molecule is CC=CC(=O)N1CCC[C@@H](Cc2ccc(F)cc2)C1. The molecule has 1 aromatic rings. The average Bonchev–Trinajstić information content (AvgIpc) is 2.42. The summed E-state index contributed by atoms with van der Waals surface area (Å²) in [5, 5.41) is 0. The number of nitrogens with zero attached hydrogens (tertiary/aromatic N) is 1. The highest BCUT2D eigenvalue weighted by Gasteiger charge is 2.22. The van der Waals surface area contributed by atoms with Crippen molar-refractivity contribution in [1.82, 2.24) is 4.90 Å². The van der Waals surface area contributed by atoms with E-state index in [9.17, 15) is 9.18 Å². The minimum atomic E-state index is -0.197. The van der Waals surface area contributed by atoms with Crippen LogP contribution in [0, 0.1) is 11.7 Å². The highest BCUT2D eigenvalue weighted by atomic mass is 19.1. The van der Waals surface area contributed by atoms with Gasteiger partial charge in [0.05, 0.1) is 0 Å². The Morgan fingerprint density at radius 1 is 1.42 bits per heavy atom. The molecule has 0 aromatic heterocycles. The molecule has 2 rings (SSSR count). The third-order valence-corrected chi connectivity index (χ3v) is 3.58. The largest absolute Gasteiger partial charge is 0.339 e. The normalized spacial score (nSPS) is 19.9. The molecule has 102 valence electrons. The highest BCUT2D eigenvalue weighted by Crippen LogP contribution is 2.21. The third-order valence-electron chi connectivity index (χ3n) is 3.58. The number of hydrogen-bond donors (Lipinski definition) is 0. The Morgan fingerprint density at radius 3 is 2.84 bits per heavy atom. The first kappa shape index (κ1) is 13.8. The van der Waals surface area contributed by atoms with E-state index in [-0.39, 0.29) is 11.7 Å². The molecule has 1 fully saturated rings.